The lowest BCUT2D eigenvalue weighted by Crippen LogP contribution is -2.08. The van der Waals surface area contributed by atoms with Crippen molar-refractivity contribution in [2.75, 3.05) is 5.73 Å². The summed E-state index contributed by atoms with van der Waals surface area (Å²) < 4.78 is 1.98. The lowest BCUT2D eigenvalue weighted by Gasteiger charge is -2.11. The molecule has 4 nitrogen and oxygen atoms in total. The van der Waals surface area contributed by atoms with Crippen LogP contribution in [-0.2, 0) is 6.54 Å². The number of hydrogen-bond donors (Lipinski definition) is 1. The Labute approximate surface area is 95.1 Å². The van der Waals surface area contributed by atoms with Gasteiger partial charge in [-0.3, -0.25) is 9.67 Å². The molecule has 16 heavy (non-hydrogen) atoms. The van der Waals surface area contributed by atoms with Gasteiger partial charge in [0.2, 0.25) is 0 Å². The smallest absolute Gasteiger partial charge is 0.0704 e. The van der Waals surface area contributed by atoms with Gasteiger partial charge in [0.15, 0.2) is 0 Å². The van der Waals surface area contributed by atoms with Crippen LogP contribution in [0.3, 0.4) is 0 Å². The summed E-state index contributed by atoms with van der Waals surface area (Å²) in [6.45, 7) is 5.23. The minimum absolute atomic E-state index is 0.557. The zero-order chi connectivity index (χ0) is 11.5. The summed E-state index contributed by atoms with van der Waals surface area (Å²) >= 11 is 0. The molecule has 2 rings (SSSR count). The number of anilines is 1. The molecule has 2 aromatic heterocycles. The monoisotopic (exact) mass is 216 g/mol. The molecular formula is C12H16N4. The fraction of sp³-hybridized carbons (Fsp3) is 0.333. The first-order valence-electron chi connectivity index (χ1n) is 5.40. The summed E-state index contributed by atoms with van der Waals surface area (Å²) in [5.41, 5.74) is 8.64. The lowest BCUT2D eigenvalue weighted by molar-refractivity contribution is 0.487. The van der Waals surface area contributed by atoms with Gasteiger partial charge in [-0.05, 0) is 18.1 Å². The number of aromatic nitrogens is 3. The Morgan fingerprint density at radius 3 is 2.81 bits per heavy atom. The SMILES string of the molecule is CC(C)Cn1nccc1-c1ccncc1N. The van der Waals surface area contributed by atoms with Gasteiger partial charge in [0.25, 0.3) is 0 Å². The van der Waals surface area contributed by atoms with E-state index in [1.165, 1.54) is 0 Å². The van der Waals surface area contributed by atoms with Gasteiger partial charge >= 0.3 is 0 Å². The van der Waals surface area contributed by atoms with Crippen LogP contribution in [0.2, 0.25) is 0 Å². The molecule has 2 aromatic rings. The Kier molecular flexibility index (Phi) is 2.90. The molecule has 4 heteroatoms. The van der Waals surface area contributed by atoms with Gasteiger partial charge in [0, 0.05) is 24.5 Å². The predicted octanol–water partition coefficient (Wildman–Crippen LogP) is 2.18. The minimum atomic E-state index is 0.557. The van der Waals surface area contributed by atoms with Crippen molar-refractivity contribution in [1.82, 2.24) is 14.8 Å². The van der Waals surface area contributed by atoms with E-state index >= 15 is 0 Å². The van der Waals surface area contributed by atoms with E-state index < -0.39 is 0 Å². The highest BCUT2D eigenvalue weighted by molar-refractivity contribution is 5.72. The summed E-state index contributed by atoms with van der Waals surface area (Å²) in [4.78, 5) is 3.99. The number of hydrogen-bond acceptors (Lipinski definition) is 3. The maximum atomic E-state index is 5.91. The predicted molar refractivity (Wildman–Crippen MR) is 64.7 cm³/mol. The van der Waals surface area contributed by atoms with E-state index in [4.69, 9.17) is 5.73 Å². The molecule has 0 atom stereocenters. The highest BCUT2D eigenvalue weighted by Gasteiger charge is 2.09. The van der Waals surface area contributed by atoms with Gasteiger partial charge in [-0.15, -0.1) is 0 Å². The van der Waals surface area contributed by atoms with Gasteiger partial charge in [0.05, 0.1) is 17.6 Å². The van der Waals surface area contributed by atoms with Crippen molar-refractivity contribution in [2.24, 2.45) is 5.92 Å². The van der Waals surface area contributed by atoms with Gasteiger partial charge in [-0.1, -0.05) is 13.8 Å². The Morgan fingerprint density at radius 1 is 1.31 bits per heavy atom. The molecule has 0 amide bonds. The second kappa shape index (κ2) is 4.35. The molecule has 0 saturated heterocycles. The van der Waals surface area contributed by atoms with Crippen molar-refractivity contribution in [3.63, 3.8) is 0 Å². The first kappa shape index (κ1) is 10.7. The zero-order valence-corrected chi connectivity index (χ0v) is 9.59. The molecule has 0 unspecified atom stereocenters. The molecule has 0 aliphatic carbocycles. The molecule has 0 spiro atoms. The average Bonchev–Trinajstić information content (AvgIpc) is 2.66. The molecule has 0 aromatic carbocycles. The third kappa shape index (κ3) is 2.05. The van der Waals surface area contributed by atoms with Gasteiger partial charge in [-0.25, -0.2) is 0 Å². The van der Waals surface area contributed by atoms with Gasteiger partial charge < -0.3 is 5.73 Å². The summed E-state index contributed by atoms with van der Waals surface area (Å²) in [5, 5.41) is 4.31. The highest BCUT2D eigenvalue weighted by Crippen LogP contribution is 2.24. The first-order chi connectivity index (χ1) is 7.68. The van der Waals surface area contributed by atoms with Crippen molar-refractivity contribution < 1.29 is 0 Å². The molecule has 0 bridgehead atoms. The van der Waals surface area contributed by atoms with E-state index in [-0.39, 0.29) is 0 Å². The van der Waals surface area contributed by atoms with E-state index in [2.05, 4.69) is 23.9 Å². The molecule has 0 fully saturated rings. The van der Waals surface area contributed by atoms with Gasteiger partial charge in [-0.2, -0.15) is 5.10 Å². The Balaban J connectivity index is 2.41. The van der Waals surface area contributed by atoms with E-state index in [1.54, 1.807) is 18.6 Å². The highest BCUT2D eigenvalue weighted by atomic mass is 15.3. The molecule has 2 heterocycles. The third-order valence-corrected chi connectivity index (χ3v) is 2.38. The maximum absolute atomic E-state index is 5.91. The average molecular weight is 216 g/mol. The number of nitrogens with two attached hydrogens (primary N) is 1. The quantitative estimate of drug-likeness (QED) is 0.855. The number of rotatable bonds is 3. The van der Waals surface area contributed by atoms with Gasteiger partial charge in [0.1, 0.15) is 0 Å². The van der Waals surface area contributed by atoms with Crippen molar-refractivity contribution in [3.8, 4) is 11.3 Å². The number of nitrogen functional groups attached to an aromatic ring is 1. The maximum Gasteiger partial charge on any atom is 0.0704 e. The van der Waals surface area contributed by atoms with Crippen LogP contribution in [0.25, 0.3) is 11.3 Å². The van der Waals surface area contributed by atoms with Crippen LogP contribution >= 0.6 is 0 Å². The molecule has 84 valence electrons. The fourth-order valence-electron chi connectivity index (χ4n) is 1.69. The fourth-order valence-corrected chi connectivity index (χ4v) is 1.69. The standard InChI is InChI=1S/C12H16N4/c1-9(2)8-16-12(4-6-15-16)10-3-5-14-7-11(10)13/h3-7,9H,8,13H2,1-2H3. The Bertz CT molecular complexity index is 473. The van der Waals surface area contributed by atoms with E-state index in [0.29, 0.717) is 11.6 Å². The summed E-state index contributed by atoms with van der Waals surface area (Å²) in [6, 6.07) is 3.90. The van der Waals surface area contributed by atoms with Crippen LogP contribution in [-0.4, -0.2) is 14.8 Å². The second-order valence-corrected chi connectivity index (χ2v) is 4.26. The molecule has 2 N–H and O–H groups in total. The molecular weight excluding hydrogens is 200 g/mol. The Morgan fingerprint density at radius 2 is 2.12 bits per heavy atom. The van der Waals surface area contributed by atoms with Crippen molar-refractivity contribution >= 4 is 5.69 Å². The Hall–Kier alpha value is -1.84. The van der Waals surface area contributed by atoms with Crippen LogP contribution < -0.4 is 5.73 Å². The van der Waals surface area contributed by atoms with Crippen molar-refractivity contribution in [1.29, 1.82) is 0 Å². The van der Waals surface area contributed by atoms with Crippen LogP contribution in [0.15, 0.2) is 30.7 Å². The molecule has 0 radical (unpaired) electrons. The zero-order valence-electron chi connectivity index (χ0n) is 9.59. The van der Waals surface area contributed by atoms with E-state index in [0.717, 1.165) is 17.8 Å². The van der Waals surface area contributed by atoms with E-state index in [9.17, 15) is 0 Å². The lowest BCUT2D eigenvalue weighted by atomic mass is 10.1. The first-order valence-corrected chi connectivity index (χ1v) is 5.40. The van der Waals surface area contributed by atoms with Crippen molar-refractivity contribution in [2.45, 2.75) is 20.4 Å². The van der Waals surface area contributed by atoms with Crippen molar-refractivity contribution in [3.05, 3.63) is 30.7 Å². The summed E-state index contributed by atoms with van der Waals surface area (Å²) in [6.07, 6.45) is 5.22. The van der Waals surface area contributed by atoms with E-state index in [1.807, 2.05) is 16.8 Å². The van der Waals surface area contributed by atoms with Crippen LogP contribution in [0.1, 0.15) is 13.8 Å². The number of nitrogens with zero attached hydrogens (tertiary/aromatic N) is 3. The van der Waals surface area contributed by atoms with Crippen LogP contribution in [0.5, 0.6) is 0 Å². The number of pyridine rings is 1. The summed E-state index contributed by atoms with van der Waals surface area (Å²) in [5.74, 6) is 0.557. The van der Waals surface area contributed by atoms with Crippen LogP contribution in [0.4, 0.5) is 5.69 Å². The molecule has 0 saturated carbocycles. The van der Waals surface area contributed by atoms with Crippen LogP contribution in [0, 0.1) is 5.92 Å². The topological polar surface area (TPSA) is 56.7 Å². The minimum Gasteiger partial charge on any atom is -0.397 e. The molecule has 0 aliphatic rings. The summed E-state index contributed by atoms with van der Waals surface area (Å²) in [7, 11) is 0. The third-order valence-electron chi connectivity index (χ3n) is 2.38. The molecule has 0 aliphatic heterocycles. The second-order valence-electron chi connectivity index (χ2n) is 4.26. The normalized spacial score (nSPS) is 10.9. The largest absolute Gasteiger partial charge is 0.397 e.